The lowest BCUT2D eigenvalue weighted by Gasteiger charge is -2.22. The summed E-state index contributed by atoms with van der Waals surface area (Å²) >= 11 is 0. The van der Waals surface area contributed by atoms with Crippen LogP contribution in [0.25, 0.3) is 0 Å². The van der Waals surface area contributed by atoms with Crippen LogP contribution in [0.3, 0.4) is 0 Å². The van der Waals surface area contributed by atoms with Gasteiger partial charge >= 0.3 is 0 Å². The maximum absolute atomic E-state index is 11.1. The largest absolute Gasteiger partial charge is 0.310 e. The van der Waals surface area contributed by atoms with Crippen molar-refractivity contribution >= 4 is 10.8 Å². The third-order valence-corrected chi connectivity index (χ3v) is 3.91. The molecule has 0 amide bonds. The molecule has 2 nitrogen and oxygen atoms in total. The van der Waals surface area contributed by atoms with Crippen molar-refractivity contribution in [2.24, 2.45) is 0 Å². The third kappa shape index (κ3) is 4.05. The smallest absolute Gasteiger partial charge is 0.0249 e. The summed E-state index contributed by atoms with van der Waals surface area (Å²) in [5.74, 6) is 1.74. The van der Waals surface area contributed by atoms with Gasteiger partial charge in [-0.2, -0.15) is 0 Å². The molecular formula is C10H19NOS. The van der Waals surface area contributed by atoms with E-state index in [0.29, 0.717) is 6.04 Å². The molecule has 0 bridgehead atoms. The van der Waals surface area contributed by atoms with Crippen LogP contribution in [0.15, 0.2) is 12.2 Å². The summed E-state index contributed by atoms with van der Waals surface area (Å²) in [5, 5.41) is 3.46. The van der Waals surface area contributed by atoms with Crippen molar-refractivity contribution in [1.29, 1.82) is 0 Å². The summed E-state index contributed by atoms with van der Waals surface area (Å²) in [5.41, 5.74) is 1.26. The zero-order valence-corrected chi connectivity index (χ0v) is 9.16. The van der Waals surface area contributed by atoms with Crippen LogP contribution < -0.4 is 5.32 Å². The summed E-state index contributed by atoms with van der Waals surface area (Å²) in [6.45, 7) is 7.00. The highest BCUT2D eigenvalue weighted by molar-refractivity contribution is 7.85. The van der Waals surface area contributed by atoms with Crippen LogP contribution in [0.1, 0.15) is 26.2 Å². The van der Waals surface area contributed by atoms with Gasteiger partial charge in [-0.1, -0.05) is 19.1 Å². The quantitative estimate of drug-likeness (QED) is 0.698. The Hall–Kier alpha value is -0.150. The Bertz CT molecular complexity index is 193. The standard InChI is InChI=1S/C10H19NOS/c1-3-9(2)8-11-10-4-6-13(12)7-5-10/h10-11H,2-8H2,1H3. The van der Waals surface area contributed by atoms with Crippen LogP contribution in [0.2, 0.25) is 0 Å². The molecule has 0 radical (unpaired) electrons. The van der Waals surface area contributed by atoms with Crippen LogP contribution in [0, 0.1) is 0 Å². The molecule has 1 rings (SSSR count). The van der Waals surface area contributed by atoms with Gasteiger partial charge in [0, 0.05) is 34.9 Å². The number of hydrogen-bond donors (Lipinski definition) is 1. The van der Waals surface area contributed by atoms with Crippen molar-refractivity contribution in [3.8, 4) is 0 Å². The highest BCUT2D eigenvalue weighted by atomic mass is 32.2. The monoisotopic (exact) mass is 201 g/mol. The Labute approximate surface area is 83.3 Å². The molecule has 0 saturated carbocycles. The van der Waals surface area contributed by atoms with E-state index in [2.05, 4.69) is 18.8 Å². The molecule has 1 heterocycles. The molecule has 0 aromatic carbocycles. The highest BCUT2D eigenvalue weighted by Crippen LogP contribution is 2.09. The summed E-state index contributed by atoms with van der Waals surface area (Å²) in [6.07, 6.45) is 3.17. The van der Waals surface area contributed by atoms with E-state index in [1.54, 1.807) is 0 Å². The van der Waals surface area contributed by atoms with E-state index in [9.17, 15) is 4.21 Å². The van der Waals surface area contributed by atoms with Crippen LogP contribution >= 0.6 is 0 Å². The topological polar surface area (TPSA) is 29.1 Å². The fraction of sp³-hybridized carbons (Fsp3) is 0.800. The van der Waals surface area contributed by atoms with Gasteiger partial charge in [0.15, 0.2) is 0 Å². The summed E-state index contributed by atoms with van der Waals surface area (Å²) in [6, 6.07) is 0.570. The molecule has 0 aromatic heterocycles. The SMILES string of the molecule is C=C(CC)CNC1CCS(=O)CC1. The Morgan fingerprint density at radius 1 is 1.54 bits per heavy atom. The fourth-order valence-corrected chi connectivity index (χ4v) is 2.71. The van der Waals surface area contributed by atoms with Crippen molar-refractivity contribution in [1.82, 2.24) is 5.32 Å². The lowest BCUT2D eigenvalue weighted by Crippen LogP contribution is -2.36. The van der Waals surface area contributed by atoms with Gasteiger partial charge in [-0.3, -0.25) is 4.21 Å². The Morgan fingerprint density at radius 3 is 2.69 bits per heavy atom. The predicted octanol–water partition coefficient (Wildman–Crippen LogP) is 1.45. The lowest BCUT2D eigenvalue weighted by atomic mass is 10.1. The van der Waals surface area contributed by atoms with Gasteiger partial charge in [0.2, 0.25) is 0 Å². The molecule has 0 unspecified atom stereocenters. The first-order valence-electron chi connectivity index (χ1n) is 4.97. The second-order valence-electron chi connectivity index (χ2n) is 3.61. The predicted molar refractivity (Wildman–Crippen MR) is 58.3 cm³/mol. The summed E-state index contributed by atoms with van der Waals surface area (Å²) < 4.78 is 11.1. The van der Waals surface area contributed by atoms with E-state index in [1.165, 1.54) is 5.57 Å². The minimum absolute atomic E-state index is 0.539. The average molecular weight is 201 g/mol. The van der Waals surface area contributed by atoms with E-state index >= 15 is 0 Å². The zero-order chi connectivity index (χ0) is 9.68. The second-order valence-corrected chi connectivity index (χ2v) is 5.30. The normalized spacial score (nSPS) is 28.7. The highest BCUT2D eigenvalue weighted by Gasteiger charge is 2.16. The van der Waals surface area contributed by atoms with Crippen LogP contribution in [-0.2, 0) is 10.8 Å². The molecule has 0 aromatic rings. The first-order valence-corrected chi connectivity index (χ1v) is 6.46. The van der Waals surface area contributed by atoms with Crippen molar-refractivity contribution in [3.63, 3.8) is 0 Å². The van der Waals surface area contributed by atoms with Crippen molar-refractivity contribution < 1.29 is 4.21 Å². The minimum atomic E-state index is -0.539. The maximum Gasteiger partial charge on any atom is 0.0249 e. The fourth-order valence-electron chi connectivity index (χ4n) is 1.41. The van der Waals surface area contributed by atoms with E-state index in [1.807, 2.05) is 0 Å². The van der Waals surface area contributed by atoms with Gasteiger partial charge in [0.1, 0.15) is 0 Å². The molecule has 1 fully saturated rings. The molecule has 1 N–H and O–H groups in total. The van der Waals surface area contributed by atoms with Gasteiger partial charge in [-0.15, -0.1) is 0 Å². The molecule has 0 spiro atoms. The van der Waals surface area contributed by atoms with Gasteiger partial charge < -0.3 is 5.32 Å². The van der Waals surface area contributed by atoms with Crippen LogP contribution in [0.4, 0.5) is 0 Å². The first-order chi connectivity index (χ1) is 6.22. The van der Waals surface area contributed by atoms with Crippen LogP contribution in [-0.4, -0.2) is 28.3 Å². The van der Waals surface area contributed by atoms with Crippen molar-refractivity contribution in [2.75, 3.05) is 18.1 Å². The van der Waals surface area contributed by atoms with Crippen molar-refractivity contribution in [2.45, 2.75) is 32.2 Å². The molecule has 0 aliphatic carbocycles. The van der Waals surface area contributed by atoms with E-state index in [-0.39, 0.29) is 0 Å². The van der Waals surface area contributed by atoms with Crippen LogP contribution in [0.5, 0.6) is 0 Å². The van der Waals surface area contributed by atoms with Gasteiger partial charge in [0.25, 0.3) is 0 Å². The first kappa shape index (κ1) is 10.9. The summed E-state index contributed by atoms with van der Waals surface area (Å²) in [7, 11) is -0.539. The van der Waals surface area contributed by atoms with Gasteiger partial charge in [0.05, 0.1) is 0 Å². The van der Waals surface area contributed by atoms with Crippen molar-refractivity contribution in [3.05, 3.63) is 12.2 Å². The number of rotatable bonds is 4. The number of hydrogen-bond acceptors (Lipinski definition) is 2. The Morgan fingerprint density at radius 2 is 2.15 bits per heavy atom. The Balaban J connectivity index is 2.15. The third-order valence-electron chi connectivity index (χ3n) is 2.53. The van der Waals surface area contributed by atoms with Gasteiger partial charge in [-0.25, -0.2) is 0 Å². The van der Waals surface area contributed by atoms with E-state index in [4.69, 9.17) is 0 Å². The van der Waals surface area contributed by atoms with E-state index in [0.717, 1.165) is 37.3 Å². The molecule has 0 atom stereocenters. The van der Waals surface area contributed by atoms with E-state index < -0.39 is 10.8 Å². The molecular weight excluding hydrogens is 182 g/mol. The second kappa shape index (κ2) is 5.55. The summed E-state index contributed by atoms with van der Waals surface area (Å²) in [4.78, 5) is 0. The molecule has 13 heavy (non-hydrogen) atoms. The zero-order valence-electron chi connectivity index (χ0n) is 8.34. The number of nitrogens with one attached hydrogen (secondary N) is 1. The molecule has 1 aliphatic heterocycles. The Kier molecular flexibility index (Phi) is 4.67. The lowest BCUT2D eigenvalue weighted by molar-refractivity contribution is 0.492. The molecule has 1 aliphatic rings. The molecule has 76 valence electrons. The maximum atomic E-state index is 11.1. The van der Waals surface area contributed by atoms with Gasteiger partial charge in [-0.05, 0) is 19.3 Å². The molecule has 1 saturated heterocycles. The average Bonchev–Trinajstić information content (AvgIpc) is 2.16. The molecule has 3 heteroatoms. The minimum Gasteiger partial charge on any atom is -0.310 e.